The lowest BCUT2D eigenvalue weighted by Gasteiger charge is -2.44. The number of carbonyl (C=O) groups excluding carboxylic acids is 2. The molecule has 2 aromatic rings. The first-order chi connectivity index (χ1) is 13.0. The smallest absolute Gasteiger partial charge is 0.230 e. The van der Waals surface area contributed by atoms with Gasteiger partial charge in [-0.1, -0.05) is 60.7 Å². The van der Waals surface area contributed by atoms with E-state index in [-0.39, 0.29) is 29.7 Å². The third kappa shape index (κ3) is 4.21. The zero-order chi connectivity index (χ0) is 19.4. The van der Waals surface area contributed by atoms with Crippen LogP contribution in [0.15, 0.2) is 60.7 Å². The predicted molar refractivity (Wildman–Crippen MR) is 107 cm³/mol. The van der Waals surface area contributed by atoms with Gasteiger partial charge < -0.3 is 9.80 Å². The van der Waals surface area contributed by atoms with E-state index >= 15 is 0 Å². The maximum absolute atomic E-state index is 12.9. The molecule has 2 aromatic carbocycles. The molecule has 1 saturated heterocycles. The van der Waals surface area contributed by atoms with Gasteiger partial charge in [0.25, 0.3) is 0 Å². The highest BCUT2D eigenvalue weighted by Gasteiger charge is 2.36. The lowest BCUT2D eigenvalue weighted by Crippen LogP contribution is -2.57. The molecule has 3 atom stereocenters. The van der Waals surface area contributed by atoms with E-state index in [0.717, 1.165) is 24.1 Å². The first-order valence-electron chi connectivity index (χ1n) is 9.64. The molecule has 1 heterocycles. The van der Waals surface area contributed by atoms with Crippen molar-refractivity contribution < 1.29 is 9.59 Å². The van der Waals surface area contributed by atoms with Gasteiger partial charge in [0.2, 0.25) is 11.8 Å². The first kappa shape index (κ1) is 19.2. The van der Waals surface area contributed by atoms with Crippen LogP contribution in [0.3, 0.4) is 0 Å². The Morgan fingerprint density at radius 1 is 0.963 bits per heavy atom. The summed E-state index contributed by atoms with van der Waals surface area (Å²) in [4.78, 5) is 29.3. The van der Waals surface area contributed by atoms with Gasteiger partial charge in [-0.25, -0.2) is 0 Å². The van der Waals surface area contributed by atoms with Gasteiger partial charge in [-0.05, 0) is 31.4 Å². The van der Waals surface area contributed by atoms with Crippen molar-refractivity contribution in [3.8, 4) is 0 Å². The van der Waals surface area contributed by atoms with Crippen LogP contribution >= 0.6 is 0 Å². The van der Waals surface area contributed by atoms with Crippen molar-refractivity contribution in [2.75, 3.05) is 20.1 Å². The Bertz CT molecular complexity index is 775. The number of likely N-dealkylation sites (N-methyl/N-ethyl adjacent to an activating group) is 1. The number of benzene rings is 2. The second kappa shape index (κ2) is 8.38. The quantitative estimate of drug-likeness (QED) is 0.785. The summed E-state index contributed by atoms with van der Waals surface area (Å²) >= 11 is 0. The van der Waals surface area contributed by atoms with Gasteiger partial charge in [0.1, 0.15) is 0 Å². The number of nitrogens with zero attached hydrogens (tertiary/aromatic N) is 2. The van der Waals surface area contributed by atoms with Crippen LogP contribution in [-0.2, 0) is 9.59 Å². The minimum absolute atomic E-state index is 0.0941. The molecule has 2 amide bonds. The third-order valence-electron chi connectivity index (χ3n) is 5.63. The van der Waals surface area contributed by atoms with E-state index < -0.39 is 0 Å². The normalized spacial score (nSPS) is 18.3. The molecule has 3 unspecified atom stereocenters. The van der Waals surface area contributed by atoms with Gasteiger partial charge in [-0.2, -0.15) is 0 Å². The molecule has 0 radical (unpaired) electrons. The zero-order valence-corrected chi connectivity index (χ0v) is 16.3. The summed E-state index contributed by atoms with van der Waals surface area (Å²) in [5, 5.41) is 0. The molecular formula is C23H28N2O2. The van der Waals surface area contributed by atoms with Gasteiger partial charge in [-0.3, -0.25) is 9.59 Å². The van der Waals surface area contributed by atoms with Crippen LogP contribution in [-0.4, -0.2) is 47.8 Å². The van der Waals surface area contributed by atoms with Crippen LogP contribution in [0.1, 0.15) is 43.2 Å². The Balaban J connectivity index is 1.59. The number of likely N-dealkylation sites (tertiary alicyclic amines) is 1. The Morgan fingerprint density at radius 2 is 1.48 bits per heavy atom. The molecule has 4 heteroatoms. The largest absolute Gasteiger partial charge is 0.343 e. The average Bonchev–Trinajstić information content (AvgIpc) is 2.70. The minimum atomic E-state index is -0.177. The summed E-state index contributed by atoms with van der Waals surface area (Å²) in [5.74, 6) is -0.0899. The van der Waals surface area contributed by atoms with Gasteiger partial charge in [0.15, 0.2) is 0 Å². The highest BCUT2D eigenvalue weighted by atomic mass is 16.2. The molecule has 0 aliphatic carbocycles. The molecule has 142 valence electrons. The number of carbonyl (C=O) groups is 2. The average molecular weight is 364 g/mol. The van der Waals surface area contributed by atoms with E-state index in [1.54, 1.807) is 4.90 Å². The highest BCUT2D eigenvalue weighted by molar-refractivity contribution is 5.85. The van der Waals surface area contributed by atoms with Crippen molar-refractivity contribution in [3.63, 3.8) is 0 Å². The topological polar surface area (TPSA) is 40.6 Å². The van der Waals surface area contributed by atoms with E-state index in [0.29, 0.717) is 6.54 Å². The Labute approximate surface area is 161 Å². The summed E-state index contributed by atoms with van der Waals surface area (Å²) in [6.07, 6.45) is 0.949. The summed E-state index contributed by atoms with van der Waals surface area (Å²) in [5.41, 5.74) is 2.06. The number of hydrogen-bond donors (Lipinski definition) is 0. The van der Waals surface area contributed by atoms with Gasteiger partial charge >= 0.3 is 0 Å². The van der Waals surface area contributed by atoms with E-state index in [2.05, 4.69) is 0 Å². The second-order valence-electron chi connectivity index (χ2n) is 7.46. The van der Waals surface area contributed by atoms with Gasteiger partial charge in [0.05, 0.1) is 17.9 Å². The van der Waals surface area contributed by atoms with E-state index in [1.165, 1.54) is 0 Å². The Hall–Kier alpha value is -2.62. The molecule has 0 N–H and O–H groups in total. The van der Waals surface area contributed by atoms with Crippen molar-refractivity contribution in [1.82, 2.24) is 9.80 Å². The van der Waals surface area contributed by atoms with E-state index in [1.807, 2.05) is 86.5 Å². The lowest BCUT2D eigenvalue weighted by molar-refractivity contribution is -0.143. The standard InChI is InChI=1S/C23H28N2O2/c1-17(19-10-6-4-7-11-19)22(26)24(3)16-21-14-15-25(21)23(27)18(2)20-12-8-5-9-13-20/h4-13,17-18,21H,14-16H2,1-3H3. The molecule has 1 aliphatic rings. The zero-order valence-electron chi connectivity index (χ0n) is 16.3. The van der Waals surface area contributed by atoms with Crippen LogP contribution < -0.4 is 0 Å². The molecule has 4 nitrogen and oxygen atoms in total. The van der Waals surface area contributed by atoms with Crippen molar-refractivity contribution in [2.24, 2.45) is 0 Å². The SMILES string of the molecule is CC(C(=O)N(C)CC1CCN1C(=O)C(C)c1ccccc1)c1ccccc1. The van der Waals surface area contributed by atoms with E-state index in [9.17, 15) is 9.59 Å². The van der Waals surface area contributed by atoms with E-state index in [4.69, 9.17) is 0 Å². The highest BCUT2D eigenvalue weighted by Crippen LogP contribution is 2.26. The molecule has 1 aliphatic heterocycles. The third-order valence-corrected chi connectivity index (χ3v) is 5.63. The fraction of sp³-hybridized carbons (Fsp3) is 0.391. The first-order valence-corrected chi connectivity index (χ1v) is 9.64. The molecular weight excluding hydrogens is 336 g/mol. The number of rotatable bonds is 6. The van der Waals surface area contributed by atoms with Gasteiger partial charge in [0, 0.05) is 20.1 Å². The maximum Gasteiger partial charge on any atom is 0.230 e. The molecule has 0 spiro atoms. The lowest BCUT2D eigenvalue weighted by atomic mass is 9.94. The molecule has 0 saturated carbocycles. The summed E-state index contributed by atoms with van der Waals surface area (Å²) in [6, 6.07) is 19.8. The van der Waals surface area contributed by atoms with Crippen molar-refractivity contribution in [2.45, 2.75) is 38.1 Å². The van der Waals surface area contributed by atoms with Gasteiger partial charge in [-0.15, -0.1) is 0 Å². The Morgan fingerprint density at radius 3 is 1.96 bits per heavy atom. The predicted octanol–water partition coefficient (Wildman–Crippen LogP) is 3.65. The van der Waals surface area contributed by atoms with Crippen LogP contribution in [0.25, 0.3) is 0 Å². The molecule has 0 aromatic heterocycles. The second-order valence-corrected chi connectivity index (χ2v) is 7.46. The minimum Gasteiger partial charge on any atom is -0.343 e. The van der Waals surface area contributed by atoms with Crippen LogP contribution in [0.2, 0.25) is 0 Å². The maximum atomic E-state index is 12.9. The molecule has 0 bridgehead atoms. The fourth-order valence-corrected chi connectivity index (χ4v) is 3.67. The van der Waals surface area contributed by atoms with Crippen LogP contribution in [0.5, 0.6) is 0 Å². The van der Waals surface area contributed by atoms with Crippen LogP contribution in [0.4, 0.5) is 0 Å². The molecule has 27 heavy (non-hydrogen) atoms. The van der Waals surface area contributed by atoms with Crippen molar-refractivity contribution in [1.29, 1.82) is 0 Å². The number of hydrogen-bond acceptors (Lipinski definition) is 2. The molecule has 1 fully saturated rings. The summed E-state index contributed by atoms with van der Waals surface area (Å²) in [6.45, 7) is 5.26. The fourth-order valence-electron chi connectivity index (χ4n) is 3.67. The Kier molecular flexibility index (Phi) is 5.94. The van der Waals surface area contributed by atoms with Crippen molar-refractivity contribution in [3.05, 3.63) is 71.8 Å². The monoisotopic (exact) mass is 364 g/mol. The number of amides is 2. The van der Waals surface area contributed by atoms with Crippen LogP contribution in [0, 0.1) is 0 Å². The summed E-state index contributed by atoms with van der Waals surface area (Å²) in [7, 11) is 1.84. The van der Waals surface area contributed by atoms with Crippen molar-refractivity contribution >= 4 is 11.8 Å². The molecule has 3 rings (SSSR count). The summed E-state index contributed by atoms with van der Waals surface area (Å²) < 4.78 is 0.